The number of para-hydroxylation sites is 1. The number of piperidine rings is 1. The zero-order valence-corrected chi connectivity index (χ0v) is 19.0. The van der Waals surface area contributed by atoms with Crippen LogP contribution in [0.15, 0.2) is 42.5 Å². The third-order valence-electron chi connectivity index (χ3n) is 5.91. The van der Waals surface area contributed by atoms with Crippen molar-refractivity contribution in [2.45, 2.75) is 58.5 Å². The molecular formula is C25H30N2O2S. The first-order valence-electron chi connectivity index (χ1n) is 10.8. The number of carbonyl (C=O) groups is 1. The van der Waals surface area contributed by atoms with Crippen LogP contribution in [0.5, 0.6) is 5.75 Å². The summed E-state index contributed by atoms with van der Waals surface area (Å²) in [5.41, 5.74) is 3.37. The van der Waals surface area contributed by atoms with Crippen LogP contribution in [0.4, 0.5) is 0 Å². The number of nitrogens with zero attached hydrogens (tertiary/aromatic N) is 2. The van der Waals surface area contributed by atoms with E-state index in [1.54, 1.807) is 11.3 Å². The van der Waals surface area contributed by atoms with E-state index in [0.717, 1.165) is 48.3 Å². The Hall–Kier alpha value is -2.40. The van der Waals surface area contributed by atoms with Gasteiger partial charge in [0.05, 0.1) is 15.2 Å². The fourth-order valence-electron chi connectivity index (χ4n) is 4.13. The van der Waals surface area contributed by atoms with E-state index >= 15 is 0 Å². The highest BCUT2D eigenvalue weighted by molar-refractivity contribution is 7.18. The molecule has 1 aromatic heterocycles. The van der Waals surface area contributed by atoms with E-state index in [0.29, 0.717) is 11.8 Å². The molecular weight excluding hydrogens is 392 g/mol. The Morgan fingerprint density at radius 2 is 1.87 bits per heavy atom. The van der Waals surface area contributed by atoms with Gasteiger partial charge in [0.25, 0.3) is 5.91 Å². The van der Waals surface area contributed by atoms with Crippen LogP contribution in [-0.4, -0.2) is 35.0 Å². The molecule has 1 saturated heterocycles. The van der Waals surface area contributed by atoms with Gasteiger partial charge in [-0.2, -0.15) is 0 Å². The number of carbonyl (C=O) groups excluding carboxylic acids is 1. The fraction of sp³-hybridized carbons (Fsp3) is 0.440. The van der Waals surface area contributed by atoms with Gasteiger partial charge in [0.2, 0.25) is 0 Å². The van der Waals surface area contributed by atoms with Gasteiger partial charge in [-0.1, -0.05) is 38.1 Å². The molecule has 0 unspecified atom stereocenters. The van der Waals surface area contributed by atoms with Gasteiger partial charge in [0, 0.05) is 19.0 Å². The zero-order chi connectivity index (χ0) is 21.3. The highest BCUT2D eigenvalue weighted by Crippen LogP contribution is 2.34. The first-order chi connectivity index (χ1) is 14.4. The number of fused-ring (bicyclic) bond motifs is 1. The Morgan fingerprint density at radius 3 is 2.57 bits per heavy atom. The van der Waals surface area contributed by atoms with Crippen molar-refractivity contribution in [3.8, 4) is 5.75 Å². The Balaban J connectivity index is 1.39. The van der Waals surface area contributed by atoms with E-state index in [4.69, 9.17) is 9.72 Å². The maximum atomic E-state index is 13.0. The van der Waals surface area contributed by atoms with Crippen molar-refractivity contribution in [2.24, 2.45) is 0 Å². The number of hydrogen-bond donors (Lipinski definition) is 0. The molecule has 1 aliphatic rings. The number of likely N-dealkylation sites (tertiary alicyclic amines) is 1. The van der Waals surface area contributed by atoms with Crippen LogP contribution >= 0.6 is 11.3 Å². The number of hydrogen-bond acceptors (Lipinski definition) is 4. The third kappa shape index (κ3) is 4.36. The van der Waals surface area contributed by atoms with Crippen LogP contribution in [-0.2, 0) is 4.79 Å². The van der Waals surface area contributed by atoms with E-state index in [2.05, 4.69) is 51.1 Å². The minimum Gasteiger partial charge on any atom is -0.481 e. The van der Waals surface area contributed by atoms with Gasteiger partial charge in [0.1, 0.15) is 5.75 Å². The summed E-state index contributed by atoms with van der Waals surface area (Å²) in [5, 5.41) is 1.20. The Labute approximate surface area is 182 Å². The van der Waals surface area contributed by atoms with Crippen molar-refractivity contribution in [2.75, 3.05) is 13.1 Å². The number of thiazole rings is 1. The summed E-state index contributed by atoms with van der Waals surface area (Å²) in [6.07, 6.45) is 1.43. The lowest BCUT2D eigenvalue weighted by Crippen LogP contribution is -2.44. The molecule has 1 atom stereocenters. The van der Waals surface area contributed by atoms with Gasteiger partial charge in [-0.05, 0) is 61.9 Å². The summed E-state index contributed by atoms with van der Waals surface area (Å²) in [7, 11) is 0. The molecule has 5 heteroatoms. The van der Waals surface area contributed by atoms with Crippen LogP contribution in [0.3, 0.4) is 0 Å². The van der Waals surface area contributed by atoms with Gasteiger partial charge in [-0.25, -0.2) is 4.98 Å². The summed E-state index contributed by atoms with van der Waals surface area (Å²) in [6, 6.07) is 14.5. The summed E-state index contributed by atoms with van der Waals surface area (Å²) in [6.45, 7) is 9.74. The molecule has 30 heavy (non-hydrogen) atoms. The highest BCUT2D eigenvalue weighted by Gasteiger charge is 2.29. The minimum atomic E-state index is -0.483. The van der Waals surface area contributed by atoms with Crippen LogP contribution in [0.2, 0.25) is 0 Å². The van der Waals surface area contributed by atoms with Crippen LogP contribution in [0, 0.1) is 6.92 Å². The first-order valence-corrected chi connectivity index (χ1v) is 11.7. The van der Waals surface area contributed by atoms with Crippen LogP contribution in [0.25, 0.3) is 10.2 Å². The van der Waals surface area contributed by atoms with Gasteiger partial charge >= 0.3 is 0 Å². The molecule has 3 aromatic rings. The largest absolute Gasteiger partial charge is 0.481 e. The van der Waals surface area contributed by atoms with E-state index in [1.165, 1.54) is 9.71 Å². The SMILES string of the molecule is Cc1ccc(C(C)C)c(O[C@@H](C)C(=O)N2CCC(c3nc4ccccc4s3)CC2)c1. The van der Waals surface area contributed by atoms with Crippen molar-refractivity contribution in [3.63, 3.8) is 0 Å². The van der Waals surface area contributed by atoms with E-state index in [1.807, 2.05) is 24.0 Å². The average Bonchev–Trinajstić information content (AvgIpc) is 3.17. The van der Waals surface area contributed by atoms with Crippen molar-refractivity contribution in [1.29, 1.82) is 0 Å². The second-order valence-corrected chi connectivity index (χ2v) is 9.64. The maximum Gasteiger partial charge on any atom is 0.263 e. The van der Waals surface area contributed by atoms with E-state index in [9.17, 15) is 4.79 Å². The predicted molar refractivity (Wildman–Crippen MR) is 124 cm³/mol. The molecule has 0 N–H and O–H groups in total. The maximum absolute atomic E-state index is 13.0. The number of benzene rings is 2. The molecule has 0 saturated carbocycles. The third-order valence-corrected chi connectivity index (χ3v) is 7.11. The molecule has 0 spiro atoms. The molecule has 158 valence electrons. The van der Waals surface area contributed by atoms with Gasteiger partial charge in [-0.15, -0.1) is 11.3 Å². The zero-order valence-electron chi connectivity index (χ0n) is 18.2. The number of ether oxygens (including phenoxy) is 1. The van der Waals surface area contributed by atoms with Crippen LogP contribution in [0.1, 0.15) is 61.6 Å². The number of rotatable bonds is 5. The minimum absolute atomic E-state index is 0.0777. The van der Waals surface area contributed by atoms with Crippen molar-refractivity contribution in [1.82, 2.24) is 9.88 Å². The predicted octanol–water partition coefficient (Wildman–Crippen LogP) is 5.90. The van der Waals surface area contributed by atoms with Gasteiger partial charge < -0.3 is 9.64 Å². The normalized spacial score (nSPS) is 16.2. The van der Waals surface area contributed by atoms with Gasteiger partial charge in [-0.3, -0.25) is 4.79 Å². The number of amides is 1. The average molecular weight is 423 g/mol. The lowest BCUT2D eigenvalue weighted by molar-refractivity contribution is -0.139. The number of aromatic nitrogens is 1. The van der Waals surface area contributed by atoms with Crippen molar-refractivity contribution >= 4 is 27.5 Å². The topological polar surface area (TPSA) is 42.4 Å². The first kappa shape index (κ1) is 20.9. The fourth-order valence-corrected chi connectivity index (χ4v) is 5.27. The molecule has 1 fully saturated rings. The monoisotopic (exact) mass is 422 g/mol. The second-order valence-electron chi connectivity index (χ2n) is 8.58. The van der Waals surface area contributed by atoms with Crippen LogP contribution < -0.4 is 4.74 Å². The summed E-state index contributed by atoms with van der Waals surface area (Å²) < 4.78 is 7.40. The molecule has 4 nitrogen and oxygen atoms in total. The van der Waals surface area contributed by atoms with Crippen molar-refractivity contribution < 1.29 is 9.53 Å². The highest BCUT2D eigenvalue weighted by atomic mass is 32.1. The summed E-state index contributed by atoms with van der Waals surface area (Å²) in [4.78, 5) is 19.8. The molecule has 2 heterocycles. The lowest BCUT2D eigenvalue weighted by atomic mass is 9.97. The molecule has 0 aliphatic carbocycles. The Bertz CT molecular complexity index is 1000. The smallest absolute Gasteiger partial charge is 0.263 e. The summed E-state index contributed by atoms with van der Waals surface area (Å²) >= 11 is 1.79. The Kier molecular flexibility index (Phi) is 6.09. The molecule has 0 bridgehead atoms. The Morgan fingerprint density at radius 1 is 1.13 bits per heavy atom. The second kappa shape index (κ2) is 8.76. The van der Waals surface area contributed by atoms with Gasteiger partial charge in [0.15, 0.2) is 6.10 Å². The number of aryl methyl sites for hydroxylation is 1. The summed E-state index contributed by atoms with van der Waals surface area (Å²) in [5.74, 6) is 1.70. The molecule has 0 radical (unpaired) electrons. The van der Waals surface area contributed by atoms with E-state index in [-0.39, 0.29) is 5.91 Å². The lowest BCUT2D eigenvalue weighted by Gasteiger charge is -2.33. The van der Waals surface area contributed by atoms with E-state index < -0.39 is 6.10 Å². The van der Waals surface area contributed by atoms with Crippen molar-refractivity contribution in [3.05, 3.63) is 58.6 Å². The molecule has 1 aliphatic heterocycles. The molecule has 4 rings (SSSR count). The standard InChI is InChI=1S/C25H30N2O2S/c1-16(2)20-10-9-17(3)15-22(20)29-18(4)25(28)27-13-11-19(12-14-27)24-26-21-7-5-6-8-23(21)30-24/h5-10,15-16,18-19H,11-14H2,1-4H3/t18-/m0/s1. The molecule has 1 amide bonds. The molecule has 2 aromatic carbocycles. The quantitative estimate of drug-likeness (QED) is 0.514.